The van der Waals surface area contributed by atoms with Crippen molar-refractivity contribution in [1.82, 2.24) is 4.57 Å². The molecule has 0 saturated carbocycles. The Balaban J connectivity index is 1.57. The van der Waals surface area contributed by atoms with E-state index in [0.29, 0.717) is 17.1 Å². The molecule has 0 radical (unpaired) electrons. The molecule has 2 heterocycles. The molecule has 1 aliphatic rings. The molecule has 172 valence electrons. The summed E-state index contributed by atoms with van der Waals surface area (Å²) in [7, 11) is 1.62. The van der Waals surface area contributed by atoms with Crippen LogP contribution in [-0.4, -0.2) is 35.6 Å². The topological polar surface area (TPSA) is 76.0 Å². The van der Waals surface area contributed by atoms with Crippen molar-refractivity contribution >= 4 is 28.7 Å². The van der Waals surface area contributed by atoms with Crippen LogP contribution in [0.5, 0.6) is 17.2 Å². The number of carbonyl (C=O) groups is 2. The van der Waals surface area contributed by atoms with Gasteiger partial charge in [0.25, 0.3) is 0 Å². The van der Waals surface area contributed by atoms with Gasteiger partial charge in [0.2, 0.25) is 5.78 Å². The van der Waals surface area contributed by atoms with Gasteiger partial charge in [0.05, 0.1) is 12.7 Å². The lowest BCUT2D eigenvalue weighted by molar-refractivity contribution is -0.157. The van der Waals surface area contributed by atoms with Crippen LogP contribution in [0.25, 0.3) is 17.0 Å². The van der Waals surface area contributed by atoms with Crippen molar-refractivity contribution in [1.29, 1.82) is 0 Å². The molecule has 0 amide bonds. The Morgan fingerprint density at radius 2 is 1.88 bits per heavy atom. The molecule has 0 aliphatic carbocycles. The van der Waals surface area contributed by atoms with Gasteiger partial charge < -0.3 is 23.5 Å². The fourth-order valence-electron chi connectivity index (χ4n) is 3.72. The van der Waals surface area contributed by atoms with Gasteiger partial charge in [-0.25, -0.2) is 4.79 Å². The summed E-state index contributed by atoms with van der Waals surface area (Å²) in [6.45, 7) is 8.00. The third kappa shape index (κ3) is 4.72. The van der Waals surface area contributed by atoms with E-state index in [-0.39, 0.29) is 18.1 Å². The first-order valence-electron chi connectivity index (χ1n) is 10.8. The molecule has 0 atom stereocenters. The molecule has 0 unspecified atom stereocenters. The molecule has 0 saturated heterocycles. The van der Waals surface area contributed by atoms with E-state index in [1.807, 2.05) is 24.4 Å². The summed E-state index contributed by atoms with van der Waals surface area (Å²) in [5, 5.41) is 0.970. The molecule has 0 N–H and O–H groups in total. The number of fused-ring (bicyclic) bond motifs is 2. The van der Waals surface area contributed by atoms with E-state index in [0.717, 1.165) is 28.8 Å². The van der Waals surface area contributed by atoms with Crippen molar-refractivity contribution in [3.05, 3.63) is 59.5 Å². The molecule has 7 nitrogen and oxygen atoms in total. The van der Waals surface area contributed by atoms with Crippen LogP contribution in [0.1, 0.15) is 43.6 Å². The number of nitrogens with zero attached hydrogens (tertiary/aromatic N) is 1. The molecule has 0 fully saturated rings. The van der Waals surface area contributed by atoms with Gasteiger partial charge in [-0.15, -0.1) is 0 Å². The molecule has 1 aliphatic heterocycles. The van der Waals surface area contributed by atoms with Crippen LogP contribution >= 0.6 is 0 Å². The Bertz CT molecular complexity index is 1260. The number of benzene rings is 2. The molecule has 0 bridgehead atoms. The van der Waals surface area contributed by atoms with Crippen LogP contribution in [0.2, 0.25) is 0 Å². The normalized spacial score (nSPS) is 14.3. The Kier molecular flexibility index (Phi) is 5.89. The minimum atomic E-state index is -0.585. The fraction of sp³-hybridized carbons (Fsp3) is 0.308. The highest BCUT2D eigenvalue weighted by Gasteiger charge is 2.28. The Labute approximate surface area is 192 Å². The molecule has 3 aromatic rings. The van der Waals surface area contributed by atoms with Gasteiger partial charge in [-0.3, -0.25) is 4.79 Å². The van der Waals surface area contributed by atoms with E-state index >= 15 is 0 Å². The molecular weight excluding hydrogens is 422 g/mol. The molecule has 1 aromatic heterocycles. The first-order chi connectivity index (χ1) is 15.7. The van der Waals surface area contributed by atoms with Crippen LogP contribution in [0.3, 0.4) is 0 Å². The predicted molar refractivity (Wildman–Crippen MR) is 125 cm³/mol. The summed E-state index contributed by atoms with van der Waals surface area (Å²) in [6.07, 6.45) is 3.74. The zero-order valence-corrected chi connectivity index (χ0v) is 19.4. The van der Waals surface area contributed by atoms with Gasteiger partial charge in [-0.1, -0.05) is 0 Å². The monoisotopic (exact) mass is 449 g/mol. The number of aryl methyl sites for hydroxylation is 1. The minimum Gasteiger partial charge on any atom is -0.497 e. The number of methoxy groups -OCH3 is 1. The van der Waals surface area contributed by atoms with Crippen LogP contribution < -0.4 is 14.2 Å². The highest BCUT2D eigenvalue weighted by Crippen LogP contribution is 2.36. The number of rotatable bonds is 6. The molecular formula is C26H27NO6. The number of Topliss-reactive ketones (excluding diaryl/α,β-unsaturated/α-hetero) is 1. The maximum Gasteiger partial charge on any atom is 0.344 e. The summed E-state index contributed by atoms with van der Waals surface area (Å²) < 4.78 is 24.1. The Morgan fingerprint density at radius 1 is 1.12 bits per heavy atom. The highest BCUT2D eigenvalue weighted by molar-refractivity contribution is 6.15. The highest BCUT2D eigenvalue weighted by atomic mass is 16.6. The van der Waals surface area contributed by atoms with Crippen molar-refractivity contribution in [2.45, 2.75) is 39.8 Å². The Morgan fingerprint density at radius 3 is 2.58 bits per heavy atom. The first-order valence-corrected chi connectivity index (χ1v) is 10.8. The quantitative estimate of drug-likeness (QED) is 0.389. The number of ketones is 1. The predicted octanol–water partition coefficient (Wildman–Crippen LogP) is 5.01. The SMILES string of the molecule is CCn1cc(/C=C2/Oc3cc(OCC(=O)OC(C)(C)C)ccc3C2=O)c2cc(OC)ccc21. The van der Waals surface area contributed by atoms with Crippen molar-refractivity contribution in [2.75, 3.05) is 13.7 Å². The lowest BCUT2D eigenvalue weighted by Gasteiger charge is -2.19. The van der Waals surface area contributed by atoms with Crippen molar-refractivity contribution in [3.8, 4) is 17.2 Å². The van der Waals surface area contributed by atoms with Gasteiger partial charge in [0.15, 0.2) is 12.4 Å². The number of aromatic nitrogens is 1. The van der Waals surface area contributed by atoms with Crippen molar-refractivity contribution in [3.63, 3.8) is 0 Å². The zero-order valence-electron chi connectivity index (χ0n) is 19.4. The van der Waals surface area contributed by atoms with Gasteiger partial charge >= 0.3 is 5.97 Å². The maximum atomic E-state index is 12.9. The second-order valence-electron chi connectivity index (χ2n) is 8.73. The summed E-state index contributed by atoms with van der Waals surface area (Å²) in [5.41, 5.74) is 1.77. The number of esters is 1. The second kappa shape index (κ2) is 8.65. The third-order valence-electron chi connectivity index (χ3n) is 5.16. The van der Waals surface area contributed by atoms with E-state index in [1.165, 1.54) is 0 Å². The zero-order chi connectivity index (χ0) is 23.8. The van der Waals surface area contributed by atoms with E-state index in [4.69, 9.17) is 18.9 Å². The summed E-state index contributed by atoms with van der Waals surface area (Å²) in [5.74, 6) is 1.11. The second-order valence-corrected chi connectivity index (χ2v) is 8.73. The molecule has 33 heavy (non-hydrogen) atoms. The molecule has 2 aromatic carbocycles. The first kappa shape index (κ1) is 22.5. The standard InChI is InChI=1S/C26H27NO6/c1-6-27-14-16(20-12-17(30-5)8-10-21(20)27)11-23-25(29)19-9-7-18(13-22(19)32-23)31-15-24(28)33-26(2,3)4/h7-14H,6,15H2,1-5H3/b23-11+. The summed E-state index contributed by atoms with van der Waals surface area (Å²) >= 11 is 0. The number of hydrogen-bond acceptors (Lipinski definition) is 6. The molecule has 4 rings (SSSR count). The van der Waals surface area contributed by atoms with Crippen molar-refractivity contribution < 1.29 is 28.5 Å². The van der Waals surface area contributed by atoms with E-state index in [9.17, 15) is 9.59 Å². The van der Waals surface area contributed by atoms with Crippen LogP contribution in [-0.2, 0) is 16.1 Å². The summed E-state index contributed by atoms with van der Waals surface area (Å²) in [6, 6.07) is 10.7. The van der Waals surface area contributed by atoms with Crippen LogP contribution in [0.4, 0.5) is 0 Å². The van der Waals surface area contributed by atoms with Crippen LogP contribution in [0.15, 0.2) is 48.4 Å². The van der Waals surface area contributed by atoms with Gasteiger partial charge in [0.1, 0.15) is 22.8 Å². The minimum absolute atomic E-state index is 0.205. The van der Waals surface area contributed by atoms with E-state index < -0.39 is 11.6 Å². The molecule has 0 spiro atoms. The average Bonchev–Trinajstić information content (AvgIpc) is 3.27. The van der Waals surface area contributed by atoms with Gasteiger partial charge in [-0.05, 0) is 64.1 Å². The summed E-state index contributed by atoms with van der Waals surface area (Å²) in [4.78, 5) is 24.8. The van der Waals surface area contributed by atoms with E-state index in [1.54, 1.807) is 52.2 Å². The van der Waals surface area contributed by atoms with E-state index in [2.05, 4.69) is 11.5 Å². The van der Waals surface area contributed by atoms with Crippen molar-refractivity contribution in [2.24, 2.45) is 0 Å². The smallest absolute Gasteiger partial charge is 0.344 e. The number of hydrogen-bond donors (Lipinski definition) is 0. The number of allylic oxidation sites excluding steroid dienone is 1. The lowest BCUT2D eigenvalue weighted by Crippen LogP contribution is -2.27. The lowest BCUT2D eigenvalue weighted by atomic mass is 10.1. The van der Waals surface area contributed by atoms with Gasteiger partial charge in [-0.2, -0.15) is 0 Å². The fourth-order valence-corrected chi connectivity index (χ4v) is 3.72. The number of carbonyl (C=O) groups excluding carboxylic acids is 2. The Hall–Kier alpha value is -3.74. The third-order valence-corrected chi connectivity index (χ3v) is 5.16. The maximum absolute atomic E-state index is 12.9. The average molecular weight is 450 g/mol. The van der Waals surface area contributed by atoms with Gasteiger partial charge in [0, 0.05) is 35.3 Å². The molecule has 7 heteroatoms. The number of ether oxygens (including phenoxy) is 4. The largest absolute Gasteiger partial charge is 0.497 e. The van der Waals surface area contributed by atoms with Crippen LogP contribution in [0, 0.1) is 0 Å².